The Balaban J connectivity index is 2.67. The van der Waals surface area contributed by atoms with Crippen LogP contribution in [0, 0.1) is 0 Å². The molecule has 10 heavy (non-hydrogen) atoms. The zero-order valence-electron chi connectivity index (χ0n) is 7.09. The van der Waals surface area contributed by atoms with Crippen molar-refractivity contribution in [3.8, 4) is 0 Å². The molecule has 1 atom stereocenters. The molecule has 3 nitrogen and oxygen atoms in total. The summed E-state index contributed by atoms with van der Waals surface area (Å²) in [6, 6.07) is 0. The number of nitrogens with zero attached hydrogens (tertiary/aromatic N) is 2. The largest absolute Gasteiger partial charge is 0.340 e. The SMILES string of the molecule is COC1C[N+](C)=C(C)N1C. The first-order valence-corrected chi connectivity index (χ1v) is 3.47. The first kappa shape index (κ1) is 7.54. The van der Waals surface area contributed by atoms with Crippen LogP contribution in [0.1, 0.15) is 6.92 Å². The third-order valence-corrected chi connectivity index (χ3v) is 2.20. The van der Waals surface area contributed by atoms with Crippen LogP contribution in [-0.2, 0) is 4.74 Å². The van der Waals surface area contributed by atoms with Crippen molar-refractivity contribution < 1.29 is 9.31 Å². The fraction of sp³-hybridized carbons (Fsp3) is 0.857. The molecule has 58 valence electrons. The molecular formula is C7H15N2O+. The number of amidine groups is 1. The van der Waals surface area contributed by atoms with Crippen molar-refractivity contribution in [3.63, 3.8) is 0 Å². The number of hydrogen-bond donors (Lipinski definition) is 0. The number of hydrogen-bond acceptors (Lipinski definition) is 2. The van der Waals surface area contributed by atoms with E-state index in [1.807, 2.05) is 7.05 Å². The second-order valence-electron chi connectivity index (χ2n) is 2.73. The fourth-order valence-electron chi connectivity index (χ4n) is 1.20. The summed E-state index contributed by atoms with van der Waals surface area (Å²) in [5, 5.41) is 0. The topological polar surface area (TPSA) is 15.5 Å². The van der Waals surface area contributed by atoms with Crippen molar-refractivity contribution in [2.75, 3.05) is 27.7 Å². The van der Waals surface area contributed by atoms with Crippen LogP contribution in [0.15, 0.2) is 0 Å². The van der Waals surface area contributed by atoms with E-state index in [1.165, 1.54) is 5.84 Å². The van der Waals surface area contributed by atoms with E-state index in [4.69, 9.17) is 4.74 Å². The van der Waals surface area contributed by atoms with Crippen LogP contribution >= 0.6 is 0 Å². The maximum Gasteiger partial charge on any atom is 0.245 e. The molecule has 0 bridgehead atoms. The predicted molar refractivity (Wildman–Crippen MR) is 40.3 cm³/mol. The third-order valence-electron chi connectivity index (χ3n) is 2.20. The molecule has 0 aromatic rings. The molecule has 0 spiro atoms. The van der Waals surface area contributed by atoms with Gasteiger partial charge in [-0.15, -0.1) is 0 Å². The summed E-state index contributed by atoms with van der Waals surface area (Å²) < 4.78 is 7.42. The van der Waals surface area contributed by atoms with E-state index in [1.54, 1.807) is 7.11 Å². The molecule has 1 aliphatic heterocycles. The van der Waals surface area contributed by atoms with Crippen LogP contribution < -0.4 is 0 Å². The van der Waals surface area contributed by atoms with Gasteiger partial charge in [0.05, 0.1) is 14.1 Å². The molecular weight excluding hydrogens is 128 g/mol. The molecule has 0 fully saturated rings. The van der Waals surface area contributed by atoms with Gasteiger partial charge in [-0.3, -0.25) is 4.58 Å². The van der Waals surface area contributed by atoms with Crippen molar-refractivity contribution in [1.82, 2.24) is 4.90 Å². The maximum absolute atomic E-state index is 5.23. The lowest BCUT2D eigenvalue weighted by Gasteiger charge is -2.11. The molecule has 1 heterocycles. The third kappa shape index (κ3) is 1.01. The molecule has 0 radical (unpaired) electrons. The van der Waals surface area contributed by atoms with Gasteiger partial charge in [-0.25, -0.2) is 4.90 Å². The summed E-state index contributed by atoms with van der Waals surface area (Å²) in [6.45, 7) is 3.07. The summed E-state index contributed by atoms with van der Waals surface area (Å²) in [7, 11) is 5.87. The Morgan fingerprint density at radius 3 is 2.50 bits per heavy atom. The van der Waals surface area contributed by atoms with Crippen LogP contribution in [0.5, 0.6) is 0 Å². The minimum atomic E-state index is 0.241. The summed E-state index contributed by atoms with van der Waals surface area (Å²) >= 11 is 0. The van der Waals surface area contributed by atoms with Crippen molar-refractivity contribution in [2.24, 2.45) is 0 Å². The molecule has 0 aromatic carbocycles. The van der Waals surface area contributed by atoms with E-state index in [0.29, 0.717) is 0 Å². The molecule has 0 amide bonds. The predicted octanol–water partition coefficient (Wildman–Crippen LogP) is -0.0350. The zero-order valence-corrected chi connectivity index (χ0v) is 7.09. The van der Waals surface area contributed by atoms with Gasteiger partial charge in [0, 0.05) is 14.0 Å². The van der Waals surface area contributed by atoms with Gasteiger partial charge in [0.15, 0.2) is 6.54 Å². The van der Waals surface area contributed by atoms with Gasteiger partial charge in [-0.1, -0.05) is 0 Å². The number of likely N-dealkylation sites (N-methyl/N-ethyl adjacent to an activating group) is 2. The zero-order chi connectivity index (χ0) is 7.72. The lowest BCUT2D eigenvalue weighted by molar-refractivity contribution is -0.496. The molecule has 0 N–H and O–H groups in total. The van der Waals surface area contributed by atoms with Gasteiger partial charge in [0.25, 0.3) is 0 Å². The summed E-state index contributed by atoms with van der Waals surface area (Å²) in [6.07, 6.45) is 0.241. The highest BCUT2D eigenvalue weighted by Gasteiger charge is 2.31. The van der Waals surface area contributed by atoms with Crippen LogP contribution in [0.2, 0.25) is 0 Å². The molecule has 1 aliphatic rings. The summed E-state index contributed by atoms with van der Waals surface area (Å²) in [4.78, 5) is 2.14. The Hall–Kier alpha value is -0.570. The van der Waals surface area contributed by atoms with Gasteiger partial charge in [-0.2, -0.15) is 0 Å². The molecule has 1 unspecified atom stereocenters. The van der Waals surface area contributed by atoms with E-state index in [0.717, 1.165) is 6.54 Å². The fourth-order valence-corrected chi connectivity index (χ4v) is 1.20. The van der Waals surface area contributed by atoms with E-state index in [-0.39, 0.29) is 6.23 Å². The highest BCUT2D eigenvalue weighted by Crippen LogP contribution is 2.05. The number of methoxy groups -OCH3 is 1. The van der Waals surface area contributed by atoms with E-state index in [2.05, 4.69) is 23.4 Å². The second-order valence-corrected chi connectivity index (χ2v) is 2.73. The quantitative estimate of drug-likeness (QED) is 0.479. The van der Waals surface area contributed by atoms with Crippen molar-refractivity contribution in [2.45, 2.75) is 13.2 Å². The average Bonchev–Trinajstić information content (AvgIpc) is 2.17. The van der Waals surface area contributed by atoms with E-state index >= 15 is 0 Å². The van der Waals surface area contributed by atoms with Crippen LogP contribution in [0.4, 0.5) is 0 Å². The highest BCUT2D eigenvalue weighted by molar-refractivity contribution is 5.75. The first-order valence-electron chi connectivity index (χ1n) is 3.47. The maximum atomic E-state index is 5.23. The standard InChI is InChI=1S/C7H15N2O/c1-6-8(2)5-7(10-4)9(6)3/h7H,5H2,1-4H3/q+1. The molecule has 3 heteroatoms. The number of ether oxygens (including phenoxy) is 1. The van der Waals surface area contributed by atoms with Crippen molar-refractivity contribution >= 4 is 5.84 Å². The molecule has 1 rings (SSSR count). The molecule has 0 saturated carbocycles. The van der Waals surface area contributed by atoms with Gasteiger partial charge < -0.3 is 4.74 Å². The Morgan fingerprint density at radius 1 is 1.70 bits per heavy atom. The highest BCUT2D eigenvalue weighted by atomic mass is 16.5. The van der Waals surface area contributed by atoms with Gasteiger partial charge in [0.2, 0.25) is 12.1 Å². The Kier molecular flexibility index (Phi) is 1.94. The normalized spacial score (nSPS) is 26.4. The Morgan fingerprint density at radius 2 is 2.30 bits per heavy atom. The smallest absolute Gasteiger partial charge is 0.245 e. The lowest BCUT2D eigenvalue weighted by Crippen LogP contribution is -2.32. The molecule has 0 aliphatic carbocycles. The van der Waals surface area contributed by atoms with Crippen LogP contribution in [0.25, 0.3) is 0 Å². The minimum absolute atomic E-state index is 0.241. The summed E-state index contributed by atoms with van der Waals surface area (Å²) in [5.41, 5.74) is 0. The van der Waals surface area contributed by atoms with Gasteiger partial charge in [0.1, 0.15) is 0 Å². The van der Waals surface area contributed by atoms with Gasteiger partial charge >= 0.3 is 0 Å². The Labute approximate surface area is 61.9 Å². The van der Waals surface area contributed by atoms with E-state index < -0.39 is 0 Å². The van der Waals surface area contributed by atoms with Crippen LogP contribution in [0.3, 0.4) is 0 Å². The Bertz CT molecular complexity index is 165. The van der Waals surface area contributed by atoms with Crippen molar-refractivity contribution in [3.05, 3.63) is 0 Å². The average molecular weight is 143 g/mol. The minimum Gasteiger partial charge on any atom is -0.340 e. The van der Waals surface area contributed by atoms with Gasteiger partial charge in [-0.05, 0) is 0 Å². The van der Waals surface area contributed by atoms with E-state index in [9.17, 15) is 0 Å². The lowest BCUT2D eigenvalue weighted by atomic mass is 10.5. The second kappa shape index (κ2) is 2.58. The first-order chi connectivity index (χ1) is 4.66. The number of rotatable bonds is 1. The van der Waals surface area contributed by atoms with Crippen molar-refractivity contribution in [1.29, 1.82) is 0 Å². The van der Waals surface area contributed by atoms with Crippen LogP contribution in [-0.4, -0.2) is 49.3 Å². The molecule has 0 aromatic heterocycles. The molecule has 0 saturated heterocycles. The monoisotopic (exact) mass is 143 g/mol. The summed E-state index contributed by atoms with van der Waals surface area (Å²) in [5.74, 6) is 1.27.